The number of carbonyl (C=O) groups excluding carboxylic acids is 1. The van der Waals surface area contributed by atoms with E-state index in [1.807, 2.05) is 37.2 Å². The highest BCUT2D eigenvalue weighted by molar-refractivity contribution is 7.13. The SMILES string of the molecule is C[C@@H]1CN(C(=O)[C@@H](C)N2CCN(c3nccs3)CC2)C[C@H](C)O1. The lowest BCUT2D eigenvalue weighted by atomic mass is 10.1. The van der Waals surface area contributed by atoms with E-state index in [1.54, 1.807) is 11.3 Å². The topological polar surface area (TPSA) is 48.9 Å². The highest BCUT2D eigenvalue weighted by Gasteiger charge is 2.32. The first-order valence-electron chi connectivity index (χ1n) is 8.37. The van der Waals surface area contributed by atoms with E-state index in [2.05, 4.69) is 14.8 Å². The molecule has 3 atom stereocenters. The number of aromatic nitrogens is 1. The van der Waals surface area contributed by atoms with E-state index in [0.717, 1.165) is 31.3 Å². The fourth-order valence-corrected chi connectivity index (χ4v) is 4.15. The molecule has 2 saturated heterocycles. The highest BCUT2D eigenvalue weighted by atomic mass is 32.1. The zero-order chi connectivity index (χ0) is 16.4. The van der Waals surface area contributed by atoms with Crippen LogP contribution in [0.1, 0.15) is 20.8 Å². The van der Waals surface area contributed by atoms with Gasteiger partial charge in [-0.1, -0.05) is 0 Å². The van der Waals surface area contributed by atoms with Gasteiger partial charge in [0.05, 0.1) is 18.2 Å². The van der Waals surface area contributed by atoms with E-state index in [4.69, 9.17) is 4.74 Å². The molecule has 0 radical (unpaired) electrons. The minimum Gasteiger partial charge on any atom is -0.372 e. The van der Waals surface area contributed by atoms with E-state index >= 15 is 0 Å². The van der Waals surface area contributed by atoms with E-state index in [9.17, 15) is 4.79 Å². The molecule has 0 aromatic carbocycles. The van der Waals surface area contributed by atoms with Crippen molar-refractivity contribution >= 4 is 22.4 Å². The summed E-state index contributed by atoms with van der Waals surface area (Å²) in [6, 6.07) is -0.0639. The van der Waals surface area contributed by atoms with Gasteiger partial charge >= 0.3 is 0 Å². The van der Waals surface area contributed by atoms with E-state index in [1.165, 1.54) is 0 Å². The molecule has 1 aromatic heterocycles. The Balaban J connectivity index is 1.54. The molecule has 3 heterocycles. The first kappa shape index (κ1) is 16.7. The van der Waals surface area contributed by atoms with Crippen LogP contribution in [-0.2, 0) is 9.53 Å². The molecule has 128 valence electrons. The second kappa shape index (κ2) is 7.15. The van der Waals surface area contributed by atoms with Crippen molar-refractivity contribution in [1.82, 2.24) is 14.8 Å². The van der Waals surface area contributed by atoms with Crippen molar-refractivity contribution in [2.45, 2.75) is 39.0 Å². The molecular weight excluding hydrogens is 312 g/mol. The Kier molecular flexibility index (Phi) is 5.18. The number of piperazine rings is 1. The van der Waals surface area contributed by atoms with Gasteiger partial charge in [-0.05, 0) is 20.8 Å². The fourth-order valence-electron chi connectivity index (χ4n) is 3.45. The van der Waals surface area contributed by atoms with E-state index < -0.39 is 0 Å². The van der Waals surface area contributed by atoms with Crippen LogP contribution in [0.5, 0.6) is 0 Å². The lowest BCUT2D eigenvalue weighted by Gasteiger charge is -2.41. The Morgan fingerprint density at radius 1 is 1.26 bits per heavy atom. The summed E-state index contributed by atoms with van der Waals surface area (Å²) in [7, 11) is 0. The Morgan fingerprint density at radius 2 is 1.91 bits per heavy atom. The number of hydrogen-bond acceptors (Lipinski definition) is 6. The summed E-state index contributed by atoms with van der Waals surface area (Å²) in [5.74, 6) is 0.231. The van der Waals surface area contributed by atoms with Gasteiger partial charge in [0, 0.05) is 50.8 Å². The lowest BCUT2D eigenvalue weighted by Crippen LogP contribution is -2.57. The van der Waals surface area contributed by atoms with Crippen LogP contribution in [0.15, 0.2) is 11.6 Å². The van der Waals surface area contributed by atoms with Crippen LogP contribution >= 0.6 is 11.3 Å². The van der Waals surface area contributed by atoms with Crippen molar-refractivity contribution in [1.29, 1.82) is 0 Å². The predicted molar refractivity (Wildman–Crippen MR) is 92.0 cm³/mol. The van der Waals surface area contributed by atoms with Crippen molar-refractivity contribution in [3.05, 3.63) is 11.6 Å². The number of morpholine rings is 1. The predicted octanol–water partition coefficient (Wildman–Crippen LogP) is 1.29. The third-order valence-electron chi connectivity index (χ3n) is 4.64. The highest BCUT2D eigenvalue weighted by Crippen LogP contribution is 2.20. The number of carbonyl (C=O) groups is 1. The average molecular weight is 338 g/mol. The largest absolute Gasteiger partial charge is 0.372 e. The van der Waals surface area contributed by atoms with Crippen LogP contribution < -0.4 is 4.90 Å². The van der Waals surface area contributed by atoms with Crippen molar-refractivity contribution < 1.29 is 9.53 Å². The summed E-state index contributed by atoms with van der Waals surface area (Å²) in [5, 5.41) is 3.09. The number of hydrogen-bond donors (Lipinski definition) is 0. The van der Waals surface area contributed by atoms with Crippen LogP contribution in [0.2, 0.25) is 0 Å². The molecule has 2 fully saturated rings. The summed E-state index contributed by atoms with van der Waals surface area (Å²) < 4.78 is 5.73. The molecule has 0 saturated carbocycles. The maximum Gasteiger partial charge on any atom is 0.239 e. The number of amides is 1. The van der Waals surface area contributed by atoms with Crippen LogP contribution in [0.25, 0.3) is 0 Å². The third-order valence-corrected chi connectivity index (χ3v) is 5.47. The van der Waals surface area contributed by atoms with Crippen LogP contribution in [0.3, 0.4) is 0 Å². The molecule has 1 aromatic rings. The van der Waals surface area contributed by atoms with Crippen molar-refractivity contribution in [3.63, 3.8) is 0 Å². The Morgan fingerprint density at radius 3 is 2.48 bits per heavy atom. The van der Waals surface area contributed by atoms with Gasteiger partial charge in [0.2, 0.25) is 5.91 Å². The van der Waals surface area contributed by atoms with Gasteiger partial charge in [-0.2, -0.15) is 0 Å². The number of rotatable bonds is 3. The van der Waals surface area contributed by atoms with Crippen molar-refractivity contribution in [3.8, 4) is 0 Å². The van der Waals surface area contributed by atoms with Gasteiger partial charge in [-0.25, -0.2) is 4.98 Å². The summed E-state index contributed by atoms with van der Waals surface area (Å²) in [4.78, 5) is 23.7. The Hall–Kier alpha value is -1.18. The summed E-state index contributed by atoms with van der Waals surface area (Å²) in [5.41, 5.74) is 0. The Bertz CT molecular complexity index is 506. The molecule has 0 bridgehead atoms. The monoisotopic (exact) mass is 338 g/mol. The van der Waals surface area contributed by atoms with E-state index in [-0.39, 0.29) is 24.2 Å². The maximum absolute atomic E-state index is 12.8. The quantitative estimate of drug-likeness (QED) is 0.831. The van der Waals surface area contributed by atoms with Crippen LogP contribution in [0, 0.1) is 0 Å². The zero-order valence-electron chi connectivity index (χ0n) is 14.1. The Labute approximate surface area is 142 Å². The van der Waals surface area contributed by atoms with Crippen LogP contribution in [0.4, 0.5) is 5.13 Å². The number of anilines is 1. The smallest absolute Gasteiger partial charge is 0.239 e. The average Bonchev–Trinajstić information content (AvgIpc) is 3.07. The number of nitrogens with zero attached hydrogens (tertiary/aromatic N) is 4. The molecule has 0 spiro atoms. The maximum atomic E-state index is 12.8. The van der Waals surface area contributed by atoms with Gasteiger partial charge in [-0.15, -0.1) is 11.3 Å². The number of thiazole rings is 1. The first-order chi connectivity index (χ1) is 11.0. The molecule has 6 nitrogen and oxygen atoms in total. The normalized spacial score (nSPS) is 28.0. The number of ether oxygens (including phenoxy) is 1. The van der Waals surface area contributed by atoms with Gasteiger partial charge in [0.1, 0.15) is 0 Å². The molecule has 3 rings (SSSR count). The fraction of sp³-hybridized carbons (Fsp3) is 0.750. The first-order valence-corrected chi connectivity index (χ1v) is 9.25. The zero-order valence-corrected chi connectivity index (χ0v) is 15.0. The summed E-state index contributed by atoms with van der Waals surface area (Å²) >= 11 is 1.68. The van der Waals surface area contributed by atoms with Crippen LogP contribution in [-0.4, -0.2) is 78.2 Å². The molecule has 7 heteroatoms. The summed E-state index contributed by atoms with van der Waals surface area (Å²) in [6.45, 7) is 11.2. The van der Waals surface area contributed by atoms with Gasteiger partial charge < -0.3 is 14.5 Å². The molecular formula is C16H26N4O2S. The third kappa shape index (κ3) is 3.84. The van der Waals surface area contributed by atoms with Crippen molar-refractivity contribution in [2.24, 2.45) is 0 Å². The molecule has 1 amide bonds. The second-order valence-electron chi connectivity index (χ2n) is 6.51. The minimum atomic E-state index is -0.0639. The minimum absolute atomic E-state index is 0.0639. The molecule has 0 aliphatic carbocycles. The van der Waals surface area contributed by atoms with Crippen molar-refractivity contribution in [2.75, 3.05) is 44.2 Å². The lowest BCUT2D eigenvalue weighted by molar-refractivity contribution is -0.148. The molecule has 0 unspecified atom stereocenters. The second-order valence-corrected chi connectivity index (χ2v) is 7.39. The van der Waals surface area contributed by atoms with E-state index in [0.29, 0.717) is 13.1 Å². The summed E-state index contributed by atoms with van der Waals surface area (Å²) in [6.07, 6.45) is 2.09. The van der Waals surface area contributed by atoms with Gasteiger partial charge in [0.25, 0.3) is 0 Å². The van der Waals surface area contributed by atoms with Gasteiger partial charge in [-0.3, -0.25) is 9.69 Å². The molecule has 2 aliphatic rings. The van der Waals surface area contributed by atoms with Gasteiger partial charge in [0.15, 0.2) is 5.13 Å². The standard InChI is InChI=1S/C16H26N4O2S/c1-12-10-20(11-13(2)22-12)15(21)14(3)18-5-7-19(8-6-18)16-17-4-9-23-16/h4,9,12-14H,5-8,10-11H2,1-3H3/t12-,13+,14-/m1/s1. The molecule has 23 heavy (non-hydrogen) atoms. The molecule has 0 N–H and O–H groups in total. The molecule has 2 aliphatic heterocycles.